The SMILES string of the molecule is CC(C(=O)O)N1CCN(C(=O)CCC2CCCC2)CC1. The Labute approximate surface area is 120 Å². The number of carboxylic acids is 1. The van der Waals surface area contributed by atoms with Crippen molar-refractivity contribution >= 4 is 11.9 Å². The first kappa shape index (κ1) is 15.3. The maximum absolute atomic E-state index is 12.2. The number of hydrogen-bond donors (Lipinski definition) is 1. The first-order chi connectivity index (χ1) is 9.58. The fraction of sp³-hybridized carbons (Fsp3) is 0.867. The van der Waals surface area contributed by atoms with Crippen molar-refractivity contribution in [3.05, 3.63) is 0 Å². The fourth-order valence-corrected chi connectivity index (χ4v) is 3.30. The molecule has 5 nitrogen and oxygen atoms in total. The lowest BCUT2D eigenvalue weighted by molar-refractivity contribution is -0.144. The third-order valence-corrected chi connectivity index (χ3v) is 4.81. The second-order valence-corrected chi connectivity index (χ2v) is 6.12. The second-order valence-electron chi connectivity index (χ2n) is 6.12. The summed E-state index contributed by atoms with van der Waals surface area (Å²) in [5, 5.41) is 8.99. The zero-order valence-electron chi connectivity index (χ0n) is 12.4. The van der Waals surface area contributed by atoms with Crippen molar-refractivity contribution < 1.29 is 14.7 Å². The molecule has 0 spiro atoms. The Hall–Kier alpha value is -1.10. The maximum Gasteiger partial charge on any atom is 0.320 e. The van der Waals surface area contributed by atoms with Gasteiger partial charge in [0.05, 0.1) is 0 Å². The standard InChI is InChI=1S/C15H26N2O3/c1-12(15(19)20)16-8-10-17(11-9-16)14(18)7-6-13-4-2-3-5-13/h12-13H,2-11H2,1H3,(H,19,20). The molecule has 1 amide bonds. The van der Waals surface area contributed by atoms with E-state index in [4.69, 9.17) is 5.11 Å². The van der Waals surface area contributed by atoms with Gasteiger partial charge in [-0.2, -0.15) is 0 Å². The van der Waals surface area contributed by atoms with Gasteiger partial charge in [0.2, 0.25) is 5.91 Å². The molecule has 2 fully saturated rings. The predicted octanol–water partition coefficient (Wildman–Crippen LogP) is 1.57. The van der Waals surface area contributed by atoms with Gasteiger partial charge in [-0.05, 0) is 19.3 Å². The van der Waals surface area contributed by atoms with Crippen LogP contribution in [-0.4, -0.2) is 59.0 Å². The molecule has 1 saturated heterocycles. The molecule has 5 heteroatoms. The Bertz CT molecular complexity index is 345. The van der Waals surface area contributed by atoms with Crippen LogP contribution in [0.4, 0.5) is 0 Å². The van der Waals surface area contributed by atoms with E-state index in [1.807, 2.05) is 9.80 Å². The average Bonchev–Trinajstić information content (AvgIpc) is 2.97. The van der Waals surface area contributed by atoms with Crippen molar-refractivity contribution in [2.24, 2.45) is 5.92 Å². The maximum atomic E-state index is 12.2. The van der Waals surface area contributed by atoms with Crippen LogP contribution in [0.3, 0.4) is 0 Å². The van der Waals surface area contributed by atoms with E-state index in [0.29, 0.717) is 32.6 Å². The van der Waals surface area contributed by atoms with Crippen molar-refractivity contribution in [1.29, 1.82) is 0 Å². The highest BCUT2D eigenvalue weighted by atomic mass is 16.4. The molecule has 0 aromatic carbocycles. The summed E-state index contributed by atoms with van der Waals surface area (Å²) in [6, 6.07) is -0.453. The number of carbonyl (C=O) groups is 2. The van der Waals surface area contributed by atoms with Crippen LogP contribution < -0.4 is 0 Å². The van der Waals surface area contributed by atoms with Gasteiger partial charge in [-0.3, -0.25) is 14.5 Å². The van der Waals surface area contributed by atoms with Crippen LogP contribution in [0.2, 0.25) is 0 Å². The summed E-state index contributed by atoms with van der Waals surface area (Å²) in [6.45, 7) is 4.38. The number of aliphatic carboxylic acids is 1. The molecule has 0 aromatic rings. The molecule has 1 saturated carbocycles. The van der Waals surface area contributed by atoms with Gasteiger partial charge in [-0.15, -0.1) is 0 Å². The number of nitrogens with zero attached hydrogens (tertiary/aromatic N) is 2. The van der Waals surface area contributed by atoms with Crippen LogP contribution in [-0.2, 0) is 9.59 Å². The minimum Gasteiger partial charge on any atom is -0.480 e. The zero-order valence-corrected chi connectivity index (χ0v) is 12.4. The molecule has 0 radical (unpaired) electrons. The van der Waals surface area contributed by atoms with Crippen molar-refractivity contribution in [1.82, 2.24) is 9.80 Å². The lowest BCUT2D eigenvalue weighted by Gasteiger charge is -2.36. The second kappa shape index (κ2) is 7.07. The van der Waals surface area contributed by atoms with Crippen LogP contribution in [0.25, 0.3) is 0 Å². The Kier molecular flexibility index (Phi) is 5.40. The van der Waals surface area contributed by atoms with Crippen LogP contribution >= 0.6 is 0 Å². The third-order valence-electron chi connectivity index (χ3n) is 4.81. The normalized spacial score (nSPS) is 22.9. The third kappa shape index (κ3) is 3.95. The van der Waals surface area contributed by atoms with E-state index in [9.17, 15) is 9.59 Å². The molecule has 0 bridgehead atoms. The van der Waals surface area contributed by atoms with E-state index < -0.39 is 12.0 Å². The summed E-state index contributed by atoms with van der Waals surface area (Å²) < 4.78 is 0. The van der Waals surface area contributed by atoms with E-state index >= 15 is 0 Å². The molecule has 1 aliphatic carbocycles. The van der Waals surface area contributed by atoms with Gasteiger partial charge in [-0.25, -0.2) is 0 Å². The van der Waals surface area contributed by atoms with Crippen LogP contribution in [0.5, 0.6) is 0 Å². The molecule has 2 rings (SSSR count). The molecule has 1 N–H and O–H groups in total. The Morgan fingerprint density at radius 2 is 1.75 bits per heavy atom. The highest BCUT2D eigenvalue weighted by molar-refractivity contribution is 5.76. The fourth-order valence-electron chi connectivity index (χ4n) is 3.30. The number of carboxylic acid groups (broad SMARTS) is 1. The Morgan fingerprint density at radius 1 is 1.15 bits per heavy atom. The van der Waals surface area contributed by atoms with Crippen LogP contribution in [0.15, 0.2) is 0 Å². The molecule has 1 aliphatic heterocycles. The van der Waals surface area contributed by atoms with Gasteiger partial charge >= 0.3 is 5.97 Å². The zero-order chi connectivity index (χ0) is 14.5. The minimum absolute atomic E-state index is 0.250. The van der Waals surface area contributed by atoms with Crippen molar-refractivity contribution in [3.8, 4) is 0 Å². The quantitative estimate of drug-likeness (QED) is 0.831. The molecule has 20 heavy (non-hydrogen) atoms. The lowest BCUT2D eigenvalue weighted by atomic mass is 10.0. The summed E-state index contributed by atoms with van der Waals surface area (Å²) in [4.78, 5) is 26.9. The number of amides is 1. The van der Waals surface area contributed by atoms with Crippen LogP contribution in [0, 0.1) is 5.92 Å². The molecule has 1 unspecified atom stereocenters. The van der Waals surface area contributed by atoms with E-state index in [1.165, 1.54) is 25.7 Å². The first-order valence-electron chi connectivity index (χ1n) is 7.82. The average molecular weight is 282 g/mol. The van der Waals surface area contributed by atoms with Crippen molar-refractivity contribution in [3.63, 3.8) is 0 Å². The number of carbonyl (C=O) groups excluding carboxylic acids is 1. The van der Waals surface area contributed by atoms with Crippen molar-refractivity contribution in [2.75, 3.05) is 26.2 Å². The van der Waals surface area contributed by atoms with E-state index in [0.717, 1.165) is 12.3 Å². The van der Waals surface area contributed by atoms with Gasteiger partial charge in [0.25, 0.3) is 0 Å². The molecule has 114 valence electrons. The van der Waals surface area contributed by atoms with Gasteiger partial charge in [-0.1, -0.05) is 25.7 Å². The van der Waals surface area contributed by atoms with E-state index in [-0.39, 0.29) is 5.91 Å². The monoisotopic (exact) mass is 282 g/mol. The lowest BCUT2D eigenvalue weighted by Crippen LogP contribution is -2.53. The van der Waals surface area contributed by atoms with Gasteiger partial charge in [0.15, 0.2) is 0 Å². The summed E-state index contributed by atoms with van der Waals surface area (Å²) in [6.07, 6.45) is 6.92. The smallest absolute Gasteiger partial charge is 0.320 e. The van der Waals surface area contributed by atoms with E-state index in [2.05, 4.69) is 0 Å². The van der Waals surface area contributed by atoms with Crippen molar-refractivity contribution in [2.45, 2.75) is 51.5 Å². The number of piperazine rings is 1. The molecular weight excluding hydrogens is 256 g/mol. The number of rotatable bonds is 5. The number of hydrogen-bond acceptors (Lipinski definition) is 3. The van der Waals surface area contributed by atoms with Gasteiger partial charge < -0.3 is 10.0 Å². The van der Waals surface area contributed by atoms with Gasteiger partial charge in [0, 0.05) is 32.6 Å². The first-order valence-corrected chi connectivity index (χ1v) is 7.82. The summed E-state index contributed by atoms with van der Waals surface area (Å²) >= 11 is 0. The Balaban J connectivity index is 1.69. The topological polar surface area (TPSA) is 60.9 Å². The highest BCUT2D eigenvalue weighted by Gasteiger charge is 2.27. The summed E-state index contributed by atoms with van der Waals surface area (Å²) in [5.74, 6) is 0.220. The molecule has 1 atom stereocenters. The molecule has 1 heterocycles. The van der Waals surface area contributed by atoms with Gasteiger partial charge in [0.1, 0.15) is 6.04 Å². The minimum atomic E-state index is -0.786. The Morgan fingerprint density at radius 3 is 2.30 bits per heavy atom. The van der Waals surface area contributed by atoms with Crippen LogP contribution in [0.1, 0.15) is 45.4 Å². The summed E-state index contributed by atoms with van der Waals surface area (Å²) in [5.41, 5.74) is 0. The molecule has 0 aromatic heterocycles. The summed E-state index contributed by atoms with van der Waals surface area (Å²) in [7, 11) is 0. The molecular formula is C15H26N2O3. The largest absolute Gasteiger partial charge is 0.480 e. The highest BCUT2D eigenvalue weighted by Crippen LogP contribution is 2.28. The molecule has 2 aliphatic rings. The van der Waals surface area contributed by atoms with E-state index in [1.54, 1.807) is 6.92 Å². The predicted molar refractivity (Wildman–Crippen MR) is 76.4 cm³/mol.